The van der Waals surface area contributed by atoms with Gasteiger partial charge in [-0.2, -0.15) is 0 Å². The lowest BCUT2D eigenvalue weighted by atomic mass is 10.0. The van der Waals surface area contributed by atoms with Gasteiger partial charge in [-0.05, 0) is 69.3 Å². The summed E-state index contributed by atoms with van der Waals surface area (Å²) in [5.41, 5.74) is 4.32. The third kappa shape index (κ3) is 10.0. The van der Waals surface area contributed by atoms with Gasteiger partial charge in [0, 0.05) is 0 Å². The molecule has 0 aliphatic rings. The van der Waals surface area contributed by atoms with Gasteiger partial charge < -0.3 is 9.47 Å². The number of ether oxygens (including phenoxy) is 2. The Hall–Kier alpha value is -4.42. The van der Waals surface area contributed by atoms with Crippen molar-refractivity contribution in [3.05, 3.63) is 132 Å². The molecule has 0 atom stereocenters. The summed E-state index contributed by atoms with van der Waals surface area (Å²) in [6.45, 7) is 2.90. The van der Waals surface area contributed by atoms with Gasteiger partial charge in [-0.25, -0.2) is 8.42 Å². The van der Waals surface area contributed by atoms with Crippen LogP contribution in [-0.2, 0) is 32.6 Å². The first-order valence-electron chi connectivity index (χ1n) is 16.2. The Labute approximate surface area is 273 Å². The van der Waals surface area contributed by atoms with E-state index in [1.165, 1.54) is 32.1 Å². The SMILES string of the molecule is CCCCCCCCOc1ccc(CS(=O)(=O)Cc2ccc(-c3ccc(CC(=O)Oc4ccc5ccccc5c4)cc3)cc2)cc1. The maximum atomic E-state index is 13.0. The van der Waals surface area contributed by atoms with Crippen LogP contribution >= 0.6 is 0 Å². The van der Waals surface area contributed by atoms with Gasteiger partial charge in [0.2, 0.25) is 0 Å². The molecule has 0 heterocycles. The number of rotatable bonds is 16. The first kappa shape index (κ1) is 33.0. The lowest BCUT2D eigenvalue weighted by Crippen LogP contribution is -2.11. The van der Waals surface area contributed by atoms with Crippen LogP contribution in [0, 0.1) is 0 Å². The second-order valence-corrected chi connectivity index (χ2v) is 13.9. The third-order valence-electron chi connectivity index (χ3n) is 8.01. The Bertz CT molecular complexity index is 1810. The number of unbranched alkanes of at least 4 members (excludes halogenated alkanes) is 5. The van der Waals surface area contributed by atoms with E-state index in [1.807, 2.05) is 115 Å². The highest BCUT2D eigenvalue weighted by Gasteiger charge is 2.14. The maximum absolute atomic E-state index is 13.0. The van der Waals surface area contributed by atoms with Crippen molar-refractivity contribution in [2.45, 2.75) is 63.4 Å². The highest BCUT2D eigenvalue weighted by molar-refractivity contribution is 7.89. The van der Waals surface area contributed by atoms with Gasteiger partial charge in [-0.15, -0.1) is 0 Å². The topological polar surface area (TPSA) is 69.7 Å². The van der Waals surface area contributed by atoms with Crippen molar-refractivity contribution in [1.82, 2.24) is 0 Å². The molecule has 0 spiro atoms. The highest BCUT2D eigenvalue weighted by Crippen LogP contribution is 2.24. The van der Waals surface area contributed by atoms with E-state index in [2.05, 4.69) is 6.92 Å². The summed E-state index contributed by atoms with van der Waals surface area (Å²) in [5, 5.41) is 2.12. The van der Waals surface area contributed by atoms with Gasteiger partial charge in [0.15, 0.2) is 9.84 Å². The standard InChI is InChI=1S/C40H42O5S/c1-2-3-4-5-6-9-26-44-38-23-16-33(17-24-38)30-46(42,43)29-32-14-20-36(21-15-32)35-18-12-31(13-19-35)27-40(41)45-39-25-22-34-10-7-8-11-37(34)28-39/h7-8,10-25,28H,2-6,9,26-27,29-30H2,1H3. The Morgan fingerprint density at radius 3 is 1.78 bits per heavy atom. The van der Waals surface area contributed by atoms with Crippen LogP contribution < -0.4 is 9.47 Å². The molecule has 6 heteroatoms. The molecule has 0 amide bonds. The molecule has 0 aromatic heterocycles. The third-order valence-corrected chi connectivity index (χ3v) is 9.55. The number of hydrogen-bond donors (Lipinski definition) is 0. The zero-order valence-corrected chi connectivity index (χ0v) is 27.3. The molecule has 5 rings (SSSR count). The summed E-state index contributed by atoms with van der Waals surface area (Å²) >= 11 is 0. The first-order valence-corrected chi connectivity index (χ1v) is 18.0. The van der Waals surface area contributed by atoms with Gasteiger partial charge >= 0.3 is 5.97 Å². The largest absolute Gasteiger partial charge is 0.494 e. The molecule has 238 valence electrons. The predicted molar refractivity (Wildman–Crippen MR) is 187 cm³/mol. The van der Waals surface area contributed by atoms with Crippen molar-refractivity contribution in [1.29, 1.82) is 0 Å². The van der Waals surface area contributed by atoms with Crippen molar-refractivity contribution in [2.75, 3.05) is 6.61 Å². The van der Waals surface area contributed by atoms with Crippen LogP contribution in [0.4, 0.5) is 0 Å². The average molecular weight is 635 g/mol. The quantitative estimate of drug-likeness (QED) is 0.0614. The highest BCUT2D eigenvalue weighted by atomic mass is 32.2. The van der Waals surface area contributed by atoms with E-state index in [0.717, 1.165) is 50.8 Å². The summed E-state index contributed by atoms with van der Waals surface area (Å²) in [5.74, 6) is 0.948. The summed E-state index contributed by atoms with van der Waals surface area (Å²) in [6.07, 6.45) is 7.45. The second-order valence-electron chi connectivity index (χ2n) is 11.8. The van der Waals surface area contributed by atoms with E-state index in [-0.39, 0.29) is 23.9 Å². The molecule has 5 nitrogen and oxygen atoms in total. The number of carbonyl (C=O) groups is 1. The molecular weight excluding hydrogens is 593 g/mol. The van der Waals surface area contributed by atoms with Crippen LogP contribution in [0.5, 0.6) is 11.5 Å². The van der Waals surface area contributed by atoms with Crippen molar-refractivity contribution in [3.63, 3.8) is 0 Å². The fourth-order valence-corrected chi connectivity index (χ4v) is 6.99. The van der Waals surface area contributed by atoms with Crippen LogP contribution in [0.25, 0.3) is 21.9 Å². The molecule has 0 radical (unpaired) electrons. The minimum Gasteiger partial charge on any atom is -0.494 e. The molecule has 0 N–H and O–H groups in total. The number of sulfone groups is 1. The number of fused-ring (bicyclic) bond motifs is 1. The van der Waals surface area contributed by atoms with E-state index >= 15 is 0 Å². The van der Waals surface area contributed by atoms with Crippen LogP contribution in [0.1, 0.15) is 62.1 Å². The first-order chi connectivity index (χ1) is 22.4. The van der Waals surface area contributed by atoms with Crippen molar-refractivity contribution in [2.24, 2.45) is 0 Å². The molecule has 0 bridgehead atoms. The van der Waals surface area contributed by atoms with Gasteiger partial charge in [-0.3, -0.25) is 4.79 Å². The molecule has 0 unspecified atom stereocenters. The van der Waals surface area contributed by atoms with Crippen molar-refractivity contribution >= 4 is 26.6 Å². The number of hydrogen-bond acceptors (Lipinski definition) is 5. The fraction of sp³-hybridized carbons (Fsp3) is 0.275. The van der Waals surface area contributed by atoms with Crippen molar-refractivity contribution in [3.8, 4) is 22.6 Å². The molecule has 5 aromatic carbocycles. The minimum absolute atomic E-state index is 0.0166. The van der Waals surface area contributed by atoms with Gasteiger partial charge in [0.25, 0.3) is 0 Å². The van der Waals surface area contributed by atoms with Crippen LogP contribution in [-0.4, -0.2) is 21.0 Å². The second kappa shape index (κ2) is 16.2. The van der Waals surface area contributed by atoms with E-state index < -0.39 is 9.84 Å². The fourth-order valence-electron chi connectivity index (χ4n) is 5.49. The lowest BCUT2D eigenvalue weighted by Gasteiger charge is -2.09. The molecular formula is C40H42O5S. The summed E-state index contributed by atoms with van der Waals surface area (Å²) < 4.78 is 37.3. The monoisotopic (exact) mass is 634 g/mol. The maximum Gasteiger partial charge on any atom is 0.315 e. The van der Waals surface area contributed by atoms with E-state index in [9.17, 15) is 13.2 Å². The normalized spacial score (nSPS) is 11.4. The van der Waals surface area contributed by atoms with E-state index in [4.69, 9.17) is 9.47 Å². The molecule has 46 heavy (non-hydrogen) atoms. The molecule has 0 aliphatic carbocycles. The summed E-state index contributed by atoms with van der Waals surface area (Å²) in [6, 6.07) is 36.3. The molecule has 0 aliphatic heterocycles. The van der Waals surface area contributed by atoms with Crippen LogP contribution in [0.2, 0.25) is 0 Å². The number of carbonyl (C=O) groups excluding carboxylic acids is 1. The zero-order valence-electron chi connectivity index (χ0n) is 26.5. The van der Waals surface area contributed by atoms with Crippen LogP contribution in [0.3, 0.4) is 0 Å². The van der Waals surface area contributed by atoms with E-state index in [1.54, 1.807) is 0 Å². The average Bonchev–Trinajstić information content (AvgIpc) is 3.05. The predicted octanol–water partition coefficient (Wildman–Crippen LogP) is 9.51. The van der Waals surface area contributed by atoms with Gasteiger partial charge in [0.1, 0.15) is 11.5 Å². The summed E-state index contributed by atoms with van der Waals surface area (Å²) in [7, 11) is -3.35. The lowest BCUT2D eigenvalue weighted by molar-refractivity contribution is -0.133. The molecule has 5 aromatic rings. The van der Waals surface area contributed by atoms with Crippen molar-refractivity contribution < 1.29 is 22.7 Å². The Morgan fingerprint density at radius 2 is 1.13 bits per heavy atom. The number of esters is 1. The minimum atomic E-state index is -3.35. The Morgan fingerprint density at radius 1 is 0.587 bits per heavy atom. The van der Waals surface area contributed by atoms with Gasteiger partial charge in [0.05, 0.1) is 24.5 Å². The van der Waals surface area contributed by atoms with E-state index in [0.29, 0.717) is 12.4 Å². The van der Waals surface area contributed by atoms with Gasteiger partial charge in [-0.1, -0.05) is 130 Å². The molecule has 0 saturated carbocycles. The Kier molecular flexibility index (Phi) is 11.6. The zero-order chi connectivity index (χ0) is 32.2. The summed E-state index contributed by atoms with van der Waals surface area (Å²) in [4.78, 5) is 12.6. The molecule has 0 saturated heterocycles. The van der Waals surface area contributed by atoms with Crippen LogP contribution in [0.15, 0.2) is 115 Å². The number of benzene rings is 5. The smallest absolute Gasteiger partial charge is 0.315 e. The Balaban J connectivity index is 1.08. The molecule has 0 fully saturated rings.